The second-order valence-electron chi connectivity index (χ2n) is 5.30. The first-order chi connectivity index (χ1) is 9.22. The summed E-state index contributed by atoms with van der Waals surface area (Å²) < 4.78 is 5.53. The van der Waals surface area contributed by atoms with Crippen LogP contribution in [-0.2, 0) is 0 Å². The number of fused-ring (bicyclic) bond motifs is 1. The second kappa shape index (κ2) is 5.05. The predicted molar refractivity (Wildman–Crippen MR) is 73.9 cm³/mol. The maximum atomic E-state index is 12.0. The summed E-state index contributed by atoms with van der Waals surface area (Å²) in [5, 5.41) is 3.89. The van der Waals surface area contributed by atoms with Crippen LogP contribution in [0.25, 0.3) is 11.0 Å². The number of carbonyl (C=O) groups is 1. The third kappa shape index (κ3) is 2.63. The molecule has 1 fully saturated rings. The minimum atomic E-state index is -0.142. The van der Waals surface area contributed by atoms with Crippen LogP contribution in [0.5, 0.6) is 0 Å². The Hall–Kier alpha value is -1.81. The molecular formula is C15H18N2O2. The molecule has 19 heavy (non-hydrogen) atoms. The van der Waals surface area contributed by atoms with Crippen molar-refractivity contribution < 1.29 is 9.21 Å². The van der Waals surface area contributed by atoms with Gasteiger partial charge in [-0.3, -0.25) is 4.79 Å². The highest BCUT2D eigenvalue weighted by Crippen LogP contribution is 2.23. The van der Waals surface area contributed by atoms with Gasteiger partial charge in [0, 0.05) is 18.0 Å². The van der Waals surface area contributed by atoms with E-state index < -0.39 is 0 Å². The van der Waals surface area contributed by atoms with Crippen LogP contribution in [0, 0.1) is 5.92 Å². The summed E-state index contributed by atoms with van der Waals surface area (Å²) in [6.45, 7) is 0.684. The fourth-order valence-corrected chi connectivity index (χ4v) is 2.72. The predicted octanol–water partition coefficient (Wildman–Crippen LogP) is 2.29. The molecule has 3 rings (SSSR count). The van der Waals surface area contributed by atoms with E-state index in [-0.39, 0.29) is 5.91 Å². The van der Waals surface area contributed by atoms with Crippen LogP contribution in [0.3, 0.4) is 0 Å². The van der Waals surface area contributed by atoms with Gasteiger partial charge in [0.25, 0.3) is 5.91 Å². The molecule has 0 spiro atoms. The molecule has 1 aromatic heterocycles. The van der Waals surface area contributed by atoms with E-state index in [0.717, 1.165) is 30.2 Å². The van der Waals surface area contributed by atoms with Crippen molar-refractivity contribution in [1.82, 2.24) is 5.32 Å². The average Bonchev–Trinajstić information content (AvgIpc) is 3.01. The van der Waals surface area contributed by atoms with Crippen LogP contribution in [-0.4, -0.2) is 18.5 Å². The Morgan fingerprint density at radius 2 is 2.21 bits per heavy atom. The number of rotatable bonds is 3. The first-order valence-electron chi connectivity index (χ1n) is 6.75. The molecule has 2 unspecified atom stereocenters. The molecule has 0 radical (unpaired) electrons. The van der Waals surface area contributed by atoms with Crippen molar-refractivity contribution in [2.75, 3.05) is 6.54 Å². The number of furan rings is 1. The van der Waals surface area contributed by atoms with Gasteiger partial charge in [0.1, 0.15) is 5.58 Å². The Morgan fingerprint density at radius 3 is 2.95 bits per heavy atom. The molecule has 0 aliphatic heterocycles. The van der Waals surface area contributed by atoms with Gasteiger partial charge in [0.15, 0.2) is 5.76 Å². The van der Waals surface area contributed by atoms with Crippen LogP contribution < -0.4 is 11.1 Å². The molecule has 2 atom stereocenters. The maximum Gasteiger partial charge on any atom is 0.287 e. The molecule has 0 bridgehead atoms. The number of hydrogen-bond acceptors (Lipinski definition) is 3. The summed E-state index contributed by atoms with van der Waals surface area (Å²) in [4.78, 5) is 12.0. The van der Waals surface area contributed by atoms with Crippen molar-refractivity contribution in [2.24, 2.45) is 11.7 Å². The molecule has 4 nitrogen and oxygen atoms in total. The zero-order valence-corrected chi connectivity index (χ0v) is 10.8. The fraction of sp³-hybridized carbons (Fsp3) is 0.400. The van der Waals surface area contributed by atoms with E-state index in [1.54, 1.807) is 6.07 Å². The highest BCUT2D eigenvalue weighted by molar-refractivity contribution is 5.96. The molecule has 4 heteroatoms. The Balaban J connectivity index is 1.63. The first-order valence-corrected chi connectivity index (χ1v) is 6.75. The lowest BCUT2D eigenvalue weighted by Crippen LogP contribution is -2.28. The molecular weight excluding hydrogens is 240 g/mol. The number of nitrogens with one attached hydrogen (secondary N) is 1. The fourth-order valence-electron chi connectivity index (χ4n) is 2.72. The minimum absolute atomic E-state index is 0.142. The van der Waals surface area contributed by atoms with E-state index in [1.165, 1.54) is 0 Å². The van der Waals surface area contributed by atoms with Crippen molar-refractivity contribution in [1.29, 1.82) is 0 Å². The maximum absolute atomic E-state index is 12.0. The van der Waals surface area contributed by atoms with Crippen LogP contribution in [0.4, 0.5) is 0 Å². The topological polar surface area (TPSA) is 68.3 Å². The van der Waals surface area contributed by atoms with Gasteiger partial charge in [-0.25, -0.2) is 0 Å². The third-order valence-corrected chi connectivity index (χ3v) is 3.78. The van der Waals surface area contributed by atoms with Gasteiger partial charge in [-0.1, -0.05) is 18.2 Å². The average molecular weight is 258 g/mol. The smallest absolute Gasteiger partial charge is 0.287 e. The van der Waals surface area contributed by atoms with E-state index in [9.17, 15) is 4.79 Å². The van der Waals surface area contributed by atoms with Crippen LogP contribution in [0.2, 0.25) is 0 Å². The molecule has 2 aromatic rings. The van der Waals surface area contributed by atoms with Gasteiger partial charge in [-0.15, -0.1) is 0 Å². The minimum Gasteiger partial charge on any atom is -0.451 e. The third-order valence-electron chi connectivity index (χ3n) is 3.78. The van der Waals surface area contributed by atoms with E-state index in [4.69, 9.17) is 10.2 Å². The Morgan fingerprint density at radius 1 is 1.37 bits per heavy atom. The van der Waals surface area contributed by atoms with Crippen LogP contribution in [0.15, 0.2) is 34.7 Å². The Kier molecular flexibility index (Phi) is 3.25. The van der Waals surface area contributed by atoms with E-state index in [2.05, 4.69) is 5.32 Å². The van der Waals surface area contributed by atoms with Crippen LogP contribution in [0.1, 0.15) is 29.8 Å². The zero-order chi connectivity index (χ0) is 13.2. The van der Waals surface area contributed by atoms with Crippen molar-refractivity contribution >= 4 is 16.9 Å². The largest absolute Gasteiger partial charge is 0.451 e. The van der Waals surface area contributed by atoms with E-state index in [0.29, 0.717) is 24.3 Å². The molecule has 3 N–H and O–H groups in total. The molecule has 1 aliphatic carbocycles. The summed E-state index contributed by atoms with van der Waals surface area (Å²) in [6.07, 6.45) is 3.16. The quantitative estimate of drug-likeness (QED) is 0.887. The number of benzene rings is 1. The number of nitrogens with two attached hydrogens (primary N) is 1. The van der Waals surface area contributed by atoms with E-state index in [1.807, 2.05) is 24.3 Å². The standard InChI is InChI=1S/C15H18N2O2/c16-12-6-5-10(7-12)9-17-15(18)14-8-11-3-1-2-4-13(11)19-14/h1-4,8,10,12H,5-7,9,16H2,(H,17,18). The van der Waals surface area contributed by atoms with Crippen LogP contribution >= 0.6 is 0 Å². The number of para-hydroxylation sites is 1. The lowest BCUT2D eigenvalue weighted by molar-refractivity contribution is 0.0921. The molecule has 1 heterocycles. The Labute approximate surface area is 112 Å². The van der Waals surface area contributed by atoms with E-state index >= 15 is 0 Å². The second-order valence-corrected chi connectivity index (χ2v) is 5.30. The van der Waals surface area contributed by atoms with Gasteiger partial charge < -0.3 is 15.5 Å². The number of hydrogen-bond donors (Lipinski definition) is 2. The molecule has 1 amide bonds. The zero-order valence-electron chi connectivity index (χ0n) is 10.8. The Bertz CT molecular complexity index is 558. The summed E-state index contributed by atoms with van der Waals surface area (Å²) in [7, 11) is 0. The van der Waals surface area contributed by atoms with Gasteiger partial charge in [0.2, 0.25) is 0 Å². The van der Waals surface area contributed by atoms with Crippen molar-refractivity contribution in [3.63, 3.8) is 0 Å². The molecule has 1 aromatic carbocycles. The van der Waals surface area contributed by atoms with Gasteiger partial charge in [0.05, 0.1) is 0 Å². The molecule has 1 aliphatic rings. The summed E-state index contributed by atoms with van der Waals surface area (Å²) in [5.74, 6) is 0.739. The van der Waals surface area contributed by atoms with Crippen molar-refractivity contribution in [3.05, 3.63) is 36.1 Å². The summed E-state index contributed by atoms with van der Waals surface area (Å²) in [5.41, 5.74) is 6.61. The summed E-state index contributed by atoms with van der Waals surface area (Å²) in [6, 6.07) is 9.71. The highest BCUT2D eigenvalue weighted by atomic mass is 16.3. The van der Waals surface area contributed by atoms with Crippen molar-refractivity contribution in [2.45, 2.75) is 25.3 Å². The van der Waals surface area contributed by atoms with Crippen molar-refractivity contribution in [3.8, 4) is 0 Å². The number of amides is 1. The SMILES string of the molecule is NC1CCC(CNC(=O)c2cc3ccccc3o2)C1. The lowest BCUT2D eigenvalue weighted by Gasteiger charge is -2.09. The normalized spacial score (nSPS) is 22.8. The van der Waals surface area contributed by atoms with Gasteiger partial charge >= 0.3 is 0 Å². The molecule has 0 saturated heterocycles. The number of carbonyl (C=O) groups excluding carboxylic acids is 1. The lowest BCUT2D eigenvalue weighted by atomic mass is 10.1. The highest BCUT2D eigenvalue weighted by Gasteiger charge is 2.22. The monoisotopic (exact) mass is 258 g/mol. The molecule has 100 valence electrons. The molecule has 1 saturated carbocycles. The first kappa shape index (κ1) is 12.2. The van der Waals surface area contributed by atoms with Gasteiger partial charge in [-0.2, -0.15) is 0 Å². The van der Waals surface area contributed by atoms with Gasteiger partial charge in [-0.05, 0) is 37.3 Å². The summed E-state index contributed by atoms with van der Waals surface area (Å²) >= 11 is 0.